The van der Waals surface area contributed by atoms with Gasteiger partial charge >= 0.3 is 6.09 Å². The van der Waals surface area contributed by atoms with Crippen molar-refractivity contribution in [1.82, 2.24) is 9.80 Å². The number of hydrogen-bond acceptors (Lipinski definition) is 4. The maximum absolute atomic E-state index is 12.9. The van der Waals surface area contributed by atoms with Crippen molar-refractivity contribution in [2.45, 2.75) is 59.9 Å². The molecule has 0 radical (unpaired) electrons. The number of rotatable bonds is 6. The zero-order valence-corrected chi connectivity index (χ0v) is 22.4. The van der Waals surface area contributed by atoms with Crippen molar-refractivity contribution in [1.29, 1.82) is 0 Å². The summed E-state index contributed by atoms with van der Waals surface area (Å²) >= 11 is 0. The Bertz CT molecular complexity index is 1060. The van der Waals surface area contributed by atoms with E-state index in [4.69, 9.17) is 10.5 Å². The van der Waals surface area contributed by atoms with Crippen molar-refractivity contribution in [3.05, 3.63) is 70.3 Å². The fraction of sp³-hybridized carbons (Fsp3) is 0.448. The van der Waals surface area contributed by atoms with Crippen LogP contribution in [0.3, 0.4) is 0 Å². The highest BCUT2D eigenvalue weighted by molar-refractivity contribution is 5.94. The smallest absolute Gasteiger partial charge is 0.410 e. The number of carbonyl (C=O) groups is 2. The van der Waals surface area contributed by atoms with E-state index in [0.29, 0.717) is 25.1 Å². The molecule has 0 aliphatic carbocycles. The largest absolute Gasteiger partial charge is 0.450 e. The molecule has 0 saturated heterocycles. The molecule has 0 bridgehead atoms. The third kappa shape index (κ3) is 6.44. The Morgan fingerprint density at radius 1 is 1.11 bits per heavy atom. The number of nitrogen functional groups attached to an aromatic ring is 1. The van der Waals surface area contributed by atoms with Crippen molar-refractivity contribution in [2.24, 2.45) is 0 Å². The molecule has 1 atom stereocenters. The van der Waals surface area contributed by atoms with Gasteiger partial charge in [-0.15, -0.1) is 0 Å². The van der Waals surface area contributed by atoms with Crippen LogP contribution in [0, 0.1) is 0 Å². The Labute approximate surface area is 210 Å². The molecular weight excluding hydrogens is 438 g/mol. The van der Waals surface area contributed by atoms with E-state index in [1.54, 1.807) is 36.9 Å². The van der Waals surface area contributed by atoms with Crippen molar-refractivity contribution in [3.8, 4) is 0 Å². The van der Waals surface area contributed by atoms with E-state index >= 15 is 0 Å². The van der Waals surface area contributed by atoms with Crippen molar-refractivity contribution < 1.29 is 14.3 Å². The minimum atomic E-state index is -0.349. The molecule has 1 unspecified atom stereocenters. The molecule has 3 rings (SSSR count). The Morgan fingerprint density at radius 3 is 2.46 bits per heavy atom. The maximum atomic E-state index is 12.9. The van der Waals surface area contributed by atoms with Crippen LogP contribution in [0.25, 0.3) is 5.57 Å². The molecule has 1 aliphatic heterocycles. The molecule has 6 heteroatoms. The minimum Gasteiger partial charge on any atom is -0.450 e. The van der Waals surface area contributed by atoms with Gasteiger partial charge in [0.1, 0.15) is 0 Å². The van der Waals surface area contributed by atoms with Crippen LogP contribution in [0.1, 0.15) is 80.6 Å². The van der Waals surface area contributed by atoms with Crippen LogP contribution in [0.15, 0.2) is 48.0 Å². The van der Waals surface area contributed by atoms with Crippen LogP contribution in [0.5, 0.6) is 0 Å². The Hall–Kier alpha value is -3.28. The standard InChI is InChI=1S/C27H35N3O3.C2H6/c1-6-9-19-12-13-24(28)23(16-19)22-14-15-30(27(32)33-7-2)25(18(22)3)20-10-8-11-21(17-20)26(31)29(4)5;1-2/h8,10-13,16-17,25H,6-7,9,14-15,28H2,1-5H3;1-2H3. The van der Waals surface area contributed by atoms with Gasteiger partial charge in [-0.2, -0.15) is 0 Å². The molecule has 6 nitrogen and oxygen atoms in total. The Kier molecular flexibility index (Phi) is 10.4. The maximum Gasteiger partial charge on any atom is 0.410 e. The van der Waals surface area contributed by atoms with Gasteiger partial charge in [-0.25, -0.2) is 4.79 Å². The summed E-state index contributed by atoms with van der Waals surface area (Å²) in [5.41, 5.74) is 13.1. The zero-order valence-electron chi connectivity index (χ0n) is 22.4. The molecule has 2 aromatic rings. The molecule has 2 amide bonds. The first-order valence-corrected chi connectivity index (χ1v) is 12.6. The van der Waals surface area contributed by atoms with E-state index in [2.05, 4.69) is 26.0 Å². The van der Waals surface area contributed by atoms with E-state index in [9.17, 15) is 9.59 Å². The SMILES string of the molecule is CC.CCCc1ccc(N)c(C2=C(C)C(c3cccc(C(=O)N(C)C)c3)N(C(=O)OCC)CC2)c1. The van der Waals surface area contributed by atoms with Crippen molar-refractivity contribution in [3.63, 3.8) is 0 Å². The highest BCUT2D eigenvalue weighted by Crippen LogP contribution is 2.41. The van der Waals surface area contributed by atoms with Crippen LogP contribution in [-0.2, 0) is 11.2 Å². The highest BCUT2D eigenvalue weighted by Gasteiger charge is 2.34. The predicted octanol–water partition coefficient (Wildman–Crippen LogP) is 6.33. The van der Waals surface area contributed by atoms with Gasteiger partial charge in [0.15, 0.2) is 0 Å². The number of amides is 2. The van der Waals surface area contributed by atoms with E-state index < -0.39 is 0 Å². The first-order chi connectivity index (χ1) is 16.8. The van der Waals surface area contributed by atoms with Gasteiger partial charge in [0, 0.05) is 37.5 Å². The normalized spacial score (nSPS) is 15.3. The summed E-state index contributed by atoms with van der Waals surface area (Å²) in [5.74, 6) is -0.0753. The van der Waals surface area contributed by atoms with Gasteiger partial charge in [-0.3, -0.25) is 9.69 Å². The molecule has 0 fully saturated rings. The number of aryl methyl sites for hydroxylation is 1. The second-order valence-electron chi connectivity index (χ2n) is 8.70. The second-order valence-corrected chi connectivity index (χ2v) is 8.70. The lowest BCUT2D eigenvalue weighted by Crippen LogP contribution is -2.39. The number of anilines is 1. The fourth-order valence-corrected chi connectivity index (χ4v) is 4.55. The monoisotopic (exact) mass is 479 g/mol. The van der Waals surface area contributed by atoms with Crippen molar-refractivity contribution >= 4 is 23.3 Å². The summed E-state index contributed by atoms with van der Waals surface area (Å²) in [7, 11) is 3.46. The van der Waals surface area contributed by atoms with Crippen LogP contribution in [0.4, 0.5) is 10.5 Å². The quantitative estimate of drug-likeness (QED) is 0.492. The number of nitrogens with zero attached hydrogens (tertiary/aromatic N) is 2. The number of carbonyl (C=O) groups excluding carboxylic acids is 2. The minimum absolute atomic E-state index is 0.0753. The molecular formula is C29H41N3O3. The molecule has 190 valence electrons. The summed E-state index contributed by atoms with van der Waals surface area (Å²) in [4.78, 5) is 28.8. The van der Waals surface area contributed by atoms with Gasteiger partial charge in [0.2, 0.25) is 0 Å². The lowest BCUT2D eigenvalue weighted by Gasteiger charge is -2.38. The van der Waals surface area contributed by atoms with Crippen LogP contribution >= 0.6 is 0 Å². The Balaban J connectivity index is 0.00000210. The molecule has 0 saturated carbocycles. The molecule has 1 aliphatic rings. The van der Waals surface area contributed by atoms with Crippen LogP contribution < -0.4 is 5.73 Å². The summed E-state index contributed by atoms with van der Waals surface area (Å²) in [6.07, 6.45) is 2.40. The third-order valence-electron chi connectivity index (χ3n) is 6.14. The van der Waals surface area contributed by atoms with Crippen molar-refractivity contribution in [2.75, 3.05) is 33.0 Å². The molecule has 2 N–H and O–H groups in total. The van der Waals surface area contributed by atoms with E-state index in [0.717, 1.165) is 40.8 Å². The summed E-state index contributed by atoms with van der Waals surface area (Å²) in [6.45, 7) is 10.8. The lowest BCUT2D eigenvalue weighted by molar-refractivity contribution is 0.0827. The van der Waals surface area contributed by atoms with E-state index in [1.807, 2.05) is 38.1 Å². The first kappa shape index (κ1) is 28.0. The van der Waals surface area contributed by atoms with E-state index in [-0.39, 0.29) is 18.0 Å². The van der Waals surface area contributed by atoms with Gasteiger partial charge in [-0.05, 0) is 73.2 Å². The van der Waals surface area contributed by atoms with Gasteiger partial charge in [0.25, 0.3) is 5.91 Å². The van der Waals surface area contributed by atoms with Crippen LogP contribution in [-0.4, -0.2) is 49.0 Å². The fourth-order valence-electron chi connectivity index (χ4n) is 4.55. The second kappa shape index (κ2) is 13.0. The zero-order chi connectivity index (χ0) is 26.1. The first-order valence-electron chi connectivity index (χ1n) is 12.6. The summed E-state index contributed by atoms with van der Waals surface area (Å²) < 4.78 is 5.38. The number of nitrogens with two attached hydrogens (primary N) is 1. The number of hydrogen-bond donors (Lipinski definition) is 1. The average Bonchev–Trinajstić information content (AvgIpc) is 2.86. The average molecular weight is 480 g/mol. The predicted molar refractivity (Wildman–Crippen MR) is 144 cm³/mol. The Morgan fingerprint density at radius 2 is 1.83 bits per heavy atom. The summed E-state index contributed by atoms with van der Waals surface area (Å²) in [5, 5.41) is 0. The third-order valence-corrected chi connectivity index (χ3v) is 6.14. The molecule has 0 spiro atoms. The van der Waals surface area contributed by atoms with E-state index in [1.165, 1.54) is 5.56 Å². The molecule has 0 aromatic heterocycles. The number of ether oxygens (including phenoxy) is 1. The molecule has 2 aromatic carbocycles. The number of benzene rings is 2. The van der Waals surface area contributed by atoms with Gasteiger partial charge in [0.05, 0.1) is 12.6 Å². The van der Waals surface area contributed by atoms with Gasteiger partial charge < -0.3 is 15.4 Å². The van der Waals surface area contributed by atoms with Crippen LogP contribution in [0.2, 0.25) is 0 Å². The lowest BCUT2D eigenvalue weighted by atomic mass is 9.84. The summed E-state index contributed by atoms with van der Waals surface area (Å²) in [6, 6.07) is 13.4. The molecule has 35 heavy (non-hydrogen) atoms. The highest BCUT2D eigenvalue weighted by atomic mass is 16.6. The topological polar surface area (TPSA) is 75.9 Å². The molecule has 1 heterocycles. The van der Waals surface area contributed by atoms with Gasteiger partial charge in [-0.1, -0.05) is 45.4 Å².